The maximum atomic E-state index is 12.5. The summed E-state index contributed by atoms with van der Waals surface area (Å²) < 4.78 is 5.06. The number of nitrogens with one attached hydrogen (secondary N) is 2. The third-order valence-electron chi connectivity index (χ3n) is 4.83. The number of amides is 1. The second-order valence-electron chi connectivity index (χ2n) is 8.54. The second kappa shape index (κ2) is 8.62. The van der Waals surface area contributed by atoms with E-state index >= 15 is 0 Å². The fourth-order valence-electron chi connectivity index (χ4n) is 3.35. The SMILES string of the molecule is Cc1nc(-c2ccc3ccnc(N/C=C(\O)C(=O)Nc4nc(C)c(C(C)(C)C)s4)c3c2)no1. The minimum atomic E-state index is -0.667. The molecular formula is C23H24N6O3S. The molecular weight excluding hydrogens is 440 g/mol. The first-order chi connectivity index (χ1) is 15.6. The van der Waals surface area contributed by atoms with Gasteiger partial charge in [0, 0.05) is 28.9 Å². The van der Waals surface area contributed by atoms with Gasteiger partial charge in [-0.1, -0.05) is 38.1 Å². The lowest BCUT2D eigenvalue weighted by molar-refractivity contribution is -0.115. The average molecular weight is 465 g/mol. The van der Waals surface area contributed by atoms with Crippen molar-refractivity contribution in [2.75, 3.05) is 10.6 Å². The van der Waals surface area contributed by atoms with E-state index in [-0.39, 0.29) is 5.41 Å². The van der Waals surface area contributed by atoms with E-state index in [2.05, 4.69) is 51.5 Å². The molecule has 9 nitrogen and oxygen atoms in total. The van der Waals surface area contributed by atoms with Gasteiger partial charge in [-0.15, -0.1) is 11.3 Å². The summed E-state index contributed by atoms with van der Waals surface area (Å²) in [6.45, 7) is 9.89. The molecule has 1 aromatic carbocycles. The van der Waals surface area contributed by atoms with Crippen molar-refractivity contribution in [1.29, 1.82) is 0 Å². The molecule has 33 heavy (non-hydrogen) atoms. The summed E-state index contributed by atoms with van der Waals surface area (Å²) in [6.07, 6.45) is 2.84. The Kier molecular flexibility index (Phi) is 5.86. The van der Waals surface area contributed by atoms with Gasteiger partial charge in [0.15, 0.2) is 10.9 Å². The first kappa shape index (κ1) is 22.4. The number of aryl methyl sites for hydroxylation is 2. The molecule has 10 heteroatoms. The molecule has 0 saturated carbocycles. The lowest BCUT2D eigenvalue weighted by atomic mass is 9.94. The highest BCUT2D eigenvalue weighted by atomic mass is 32.1. The summed E-state index contributed by atoms with van der Waals surface area (Å²) in [7, 11) is 0. The van der Waals surface area contributed by atoms with Crippen molar-refractivity contribution < 1.29 is 14.4 Å². The maximum absolute atomic E-state index is 12.5. The van der Waals surface area contributed by atoms with Crippen LogP contribution in [-0.4, -0.2) is 31.1 Å². The summed E-state index contributed by atoms with van der Waals surface area (Å²) >= 11 is 1.40. The number of thiazole rings is 1. The van der Waals surface area contributed by atoms with Gasteiger partial charge in [-0.05, 0) is 29.9 Å². The zero-order valence-electron chi connectivity index (χ0n) is 18.9. The highest BCUT2D eigenvalue weighted by molar-refractivity contribution is 7.16. The summed E-state index contributed by atoms with van der Waals surface area (Å²) in [6, 6.07) is 7.53. The molecule has 0 aliphatic carbocycles. The molecule has 3 aromatic heterocycles. The maximum Gasteiger partial charge on any atom is 0.293 e. The Morgan fingerprint density at radius 1 is 1.18 bits per heavy atom. The van der Waals surface area contributed by atoms with E-state index in [0.717, 1.165) is 26.9 Å². The van der Waals surface area contributed by atoms with Crippen LogP contribution in [0.1, 0.15) is 37.2 Å². The fourth-order valence-corrected chi connectivity index (χ4v) is 4.37. The number of anilines is 2. The lowest BCUT2D eigenvalue weighted by Crippen LogP contribution is -2.15. The number of rotatable bonds is 5. The largest absolute Gasteiger partial charge is 0.502 e. The number of aliphatic hydroxyl groups is 1. The number of aliphatic hydroxyl groups excluding tert-OH is 1. The number of carbonyl (C=O) groups excluding carboxylic acids is 1. The summed E-state index contributed by atoms with van der Waals surface area (Å²) in [5.74, 6) is 0.242. The molecule has 0 unspecified atom stereocenters. The van der Waals surface area contributed by atoms with Crippen molar-refractivity contribution in [3.8, 4) is 11.4 Å². The Labute approximate surface area is 194 Å². The van der Waals surface area contributed by atoms with Gasteiger partial charge >= 0.3 is 0 Å². The van der Waals surface area contributed by atoms with Crippen LogP contribution < -0.4 is 10.6 Å². The molecule has 0 saturated heterocycles. The Hall–Kier alpha value is -3.79. The molecule has 3 heterocycles. The van der Waals surface area contributed by atoms with Crippen LogP contribution in [0.15, 0.2) is 46.9 Å². The van der Waals surface area contributed by atoms with Crippen molar-refractivity contribution in [2.45, 2.75) is 40.0 Å². The second-order valence-corrected chi connectivity index (χ2v) is 9.54. The molecule has 1 amide bonds. The summed E-state index contributed by atoms with van der Waals surface area (Å²) in [5.41, 5.74) is 1.54. The van der Waals surface area contributed by atoms with Crippen LogP contribution in [0.2, 0.25) is 0 Å². The lowest BCUT2D eigenvalue weighted by Gasteiger charge is -2.16. The van der Waals surface area contributed by atoms with Crippen molar-refractivity contribution >= 4 is 39.0 Å². The molecule has 3 N–H and O–H groups in total. The van der Waals surface area contributed by atoms with Gasteiger partial charge in [0.2, 0.25) is 11.7 Å². The van der Waals surface area contributed by atoms with E-state index in [1.54, 1.807) is 13.1 Å². The van der Waals surface area contributed by atoms with Gasteiger partial charge in [-0.2, -0.15) is 4.98 Å². The molecule has 4 aromatic rings. The van der Waals surface area contributed by atoms with Crippen LogP contribution in [0, 0.1) is 13.8 Å². The third kappa shape index (κ3) is 4.85. The van der Waals surface area contributed by atoms with Gasteiger partial charge in [0.05, 0.1) is 11.9 Å². The summed E-state index contributed by atoms with van der Waals surface area (Å²) in [5, 5.41) is 21.9. The van der Waals surface area contributed by atoms with Gasteiger partial charge in [0.25, 0.3) is 5.91 Å². The van der Waals surface area contributed by atoms with Crippen molar-refractivity contribution in [2.24, 2.45) is 0 Å². The number of nitrogens with zero attached hydrogens (tertiary/aromatic N) is 4. The number of aromatic nitrogens is 4. The predicted octanol–water partition coefficient (Wildman–Crippen LogP) is 5.11. The van der Waals surface area contributed by atoms with Gasteiger partial charge in [0.1, 0.15) is 5.82 Å². The quantitative estimate of drug-likeness (QED) is 0.275. The highest BCUT2D eigenvalue weighted by Crippen LogP contribution is 2.33. The molecule has 0 fully saturated rings. The number of fused-ring (bicyclic) bond motifs is 1. The van der Waals surface area contributed by atoms with Crippen molar-refractivity contribution in [3.63, 3.8) is 0 Å². The Bertz CT molecular complexity index is 1370. The fraction of sp³-hybridized carbons (Fsp3) is 0.261. The van der Waals surface area contributed by atoms with Gasteiger partial charge in [-0.3, -0.25) is 10.1 Å². The van der Waals surface area contributed by atoms with Gasteiger partial charge in [-0.25, -0.2) is 9.97 Å². The number of pyridine rings is 1. The van der Waals surface area contributed by atoms with Crippen LogP contribution in [0.25, 0.3) is 22.2 Å². The van der Waals surface area contributed by atoms with Crippen LogP contribution >= 0.6 is 11.3 Å². The highest BCUT2D eigenvalue weighted by Gasteiger charge is 2.22. The van der Waals surface area contributed by atoms with Crippen LogP contribution in [0.3, 0.4) is 0 Å². The number of hydrogen-bond donors (Lipinski definition) is 3. The molecule has 0 radical (unpaired) electrons. The van der Waals surface area contributed by atoms with E-state index < -0.39 is 11.7 Å². The summed E-state index contributed by atoms with van der Waals surface area (Å²) in [4.78, 5) is 26.5. The van der Waals surface area contributed by atoms with Crippen molar-refractivity contribution in [3.05, 3.63) is 58.9 Å². The Morgan fingerprint density at radius 2 is 1.97 bits per heavy atom. The normalized spacial score (nSPS) is 12.2. The number of benzene rings is 1. The molecule has 0 spiro atoms. The van der Waals surface area contributed by atoms with E-state index in [9.17, 15) is 9.90 Å². The molecule has 0 bridgehead atoms. The zero-order chi connectivity index (χ0) is 23.8. The standard InChI is InChI=1S/C23H24N6O3S/c1-12-18(23(3,4)5)33-22(26-12)28-21(31)17(30)11-25-20-16-10-15(19-27-13(2)32-29-19)7-6-14(16)8-9-24-20/h6-11,30H,1-5H3,(H,24,25)(H,26,28,31)/b17-11-. The zero-order valence-corrected chi connectivity index (χ0v) is 19.7. The van der Waals surface area contributed by atoms with Crippen molar-refractivity contribution in [1.82, 2.24) is 20.1 Å². The average Bonchev–Trinajstić information content (AvgIpc) is 3.36. The van der Waals surface area contributed by atoms with E-state index in [1.807, 2.05) is 31.2 Å². The van der Waals surface area contributed by atoms with Crippen LogP contribution in [0.4, 0.5) is 10.9 Å². The smallest absolute Gasteiger partial charge is 0.293 e. The van der Waals surface area contributed by atoms with E-state index in [1.165, 1.54) is 17.5 Å². The topological polar surface area (TPSA) is 126 Å². The molecule has 0 aliphatic heterocycles. The van der Waals surface area contributed by atoms with Gasteiger partial charge < -0.3 is 14.9 Å². The van der Waals surface area contributed by atoms with Crippen LogP contribution in [0.5, 0.6) is 0 Å². The minimum absolute atomic E-state index is 0.0801. The van der Waals surface area contributed by atoms with E-state index in [0.29, 0.717) is 22.7 Å². The molecule has 170 valence electrons. The number of hydrogen-bond acceptors (Lipinski definition) is 9. The minimum Gasteiger partial charge on any atom is -0.502 e. The molecule has 0 aliphatic rings. The molecule has 4 rings (SSSR count). The van der Waals surface area contributed by atoms with Crippen LogP contribution in [-0.2, 0) is 10.2 Å². The monoisotopic (exact) mass is 464 g/mol. The predicted molar refractivity (Wildman–Crippen MR) is 128 cm³/mol. The first-order valence-electron chi connectivity index (χ1n) is 10.3. The Balaban J connectivity index is 1.54. The number of carbonyl (C=O) groups is 1. The Morgan fingerprint density at radius 3 is 2.64 bits per heavy atom. The first-order valence-corrected chi connectivity index (χ1v) is 11.1. The third-order valence-corrected chi connectivity index (χ3v) is 6.33. The van der Waals surface area contributed by atoms with E-state index in [4.69, 9.17) is 4.52 Å². The molecule has 0 atom stereocenters.